The number of carboxylic acids is 2. The van der Waals surface area contributed by atoms with E-state index in [1.54, 1.807) is 26.0 Å². The molecule has 5 unspecified atom stereocenters. The van der Waals surface area contributed by atoms with Crippen molar-refractivity contribution < 1.29 is 39.3 Å². The van der Waals surface area contributed by atoms with Gasteiger partial charge in [-0.3, -0.25) is 19.2 Å². The van der Waals surface area contributed by atoms with Gasteiger partial charge in [0.05, 0.1) is 6.04 Å². The number of amides is 3. The number of rotatable bonds is 15. The van der Waals surface area contributed by atoms with E-state index in [1.807, 2.05) is 0 Å². The molecule has 0 spiro atoms. The van der Waals surface area contributed by atoms with Gasteiger partial charge in [0.15, 0.2) is 0 Å². The average molecular weight is 527 g/mol. The number of phenolic OH excluding ortho intramolecular Hbond substituents is 1. The Morgan fingerprint density at radius 1 is 0.944 bits per heavy atom. The fourth-order valence-electron chi connectivity index (χ4n) is 3.19. The van der Waals surface area contributed by atoms with Crippen molar-refractivity contribution in [2.45, 2.75) is 63.7 Å². The van der Waals surface area contributed by atoms with Gasteiger partial charge in [0.2, 0.25) is 17.7 Å². The number of aliphatic carboxylic acids is 2. The highest BCUT2D eigenvalue weighted by Gasteiger charge is 2.32. The fourth-order valence-corrected chi connectivity index (χ4v) is 3.45. The van der Waals surface area contributed by atoms with Crippen molar-refractivity contribution in [3.8, 4) is 5.75 Å². The van der Waals surface area contributed by atoms with Crippen molar-refractivity contribution in [1.82, 2.24) is 16.0 Å². The first-order valence-corrected chi connectivity index (χ1v) is 12.0. The summed E-state index contributed by atoms with van der Waals surface area (Å²) in [6.07, 6.45) is -0.180. The Bertz CT molecular complexity index is 927. The number of hydrogen-bond donors (Lipinski definition) is 8. The minimum Gasteiger partial charge on any atom is -0.508 e. The number of phenols is 1. The maximum atomic E-state index is 12.9. The van der Waals surface area contributed by atoms with Crippen molar-refractivity contribution in [3.63, 3.8) is 0 Å². The zero-order valence-electron chi connectivity index (χ0n) is 20.1. The van der Waals surface area contributed by atoms with Gasteiger partial charge >= 0.3 is 11.9 Å². The Kier molecular flexibility index (Phi) is 12.7. The Labute approximate surface area is 214 Å². The molecule has 5 atom stereocenters. The monoisotopic (exact) mass is 526 g/mol. The van der Waals surface area contributed by atoms with Crippen LogP contribution in [0.2, 0.25) is 0 Å². The number of thiol groups is 1. The van der Waals surface area contributed by atoms with Crippen LogP contribution in [-0.4, -0.2) is 74.9 Å². The molecule has 0 aliphatic carbocycles. The van der Waals surface area contributed by atoms with Crippen molar-refractivity contribution in [2.75, 3.05) is 5.75 Å². The van der Waals surface area contributed by atoms with E-state index in [2.05, 4.69) is 28.6 Å². The van der Waals surface area contributed by atoms with Crippen LogP contribution in [0.25, 0.3) is 0 Å². The molecular formula is C23H34N4O8S. The average Bonchev–Trinajstić information content (AvgIpc) is 2.83. The number of carbonyl (C=O) groups is 5. The molecule has 0 bridgehead atoms. The molecule has 0 aliphatic heterocycles. The summed E-state index contributed by atoms with van der Waals surface area (Å²) in [5.41, 5.74) is 6.65. The van der Waals surface area contributed by atoms with Crippen molar-refractivity contribution >= 4 is 42.3 Å². The van der Waals surface area contributed by atoms with E-state index >= 15 is 0 Å². The first kappa shape index (κ1) is 30.7. The number of carbonyl (C=O) groups excluding carboxylic acids is 3. The van der Waals surface area contributed by atoms with Gasteiger partial charge < -0.3 is 37.0 Å². The van der Waals surface area contributed by atoms with Crippen molar-refractivity contribution in [3.05, 3.63) is 29.8 Å². The van der Waals surface area contributed by atoms with Crippen LogP contribution in [-0.2, 0) is 30.4 Å². The van der Waals surface area contributed by atoms with Crippen LogP contribution in [0.5, 0.6) is 5.75 Å². The molecule has 0 radical (unpaired) electrons. The molecule has 1 aromatic rings. The summed E-state index contributed by atoms with van der Waals surface area (Å²) in [5, 5.41) is 34.8. The molecule has 8 N–H and O–H groups in total. The maximum Gasteiger partial charge on any atom is 0.326 e. The third kappa shape index (κ3) is 10.1. The van der Waals surface area contributed by atoms with E-state index in [9.17, 15) is 34.2 Å². The van der Waals surface area contributed by atoms with Crippen LogP contribution < -0.4 is 21.7 Å². The van der Waals surface area contributed by atoms with Crippen LogP contribution in [0.4, 0.5) is 0 Å². The predicted molar refractivity (Wildman–Crippen MR) is 133 cm³/mol. The second kappa shape index (κ2) is 14.9. The number of aromatic hydroxyl groups is 1. The fraction of sp³-hybridized carbons (Fsp3) is 0.522. The second-order valence-electron chi connectivity index (χ2n) is 8.42. The van der Waals surface area contributed by atoms with Crippen LogP contribution in [0.3, 0.4) is 0 Å². The van der Waals surface area contributed by atoms with E-state index < -0.39 is 66.2 Å². The van der Waals surface area contributed by atoms with Crippen LogP contribution in [0.1, 0.15) is 38.7 Å². The second-order valence-corrected chi connectivity index (χ2v) is 8.79. The highest BCUT2D eigenvalue weighted by atomic mass is 32.1. The minimum atomic E-state index is -1.45. The number of nitrogens with one attached hydrogen (secondary N) is 3. The predicted octanol–water partition coefficient (Wildman–Crippen LogP) is -0.358. The van der Waals surface area contributed by atoms with E-state index in [-0.39, 0.29) is 24.3 Å². The number of benzene rings is 1. The molecule has 0 aliphatic rings. The molecule has 0 saturated heterocycles. The Morgan fingerprint density at radius 2 is 1.53 bits per heavy atom. The molecule has 1 rings (SSSR count). The van der Waals surface area contributed by atoms with Gasteiger partial charge in [-0.15, -0.1) is 0 Å². The molecule has 3 amide bonds. The molecule has 13 heteroatoms. The topological polar surface area (TPSA) is 208 Å². The summed E-state index contributed by atoms with van der Waals surface area (Å²) < 4.78 is 0. The van der Waals surface area contributed by atoms with Gasteiger partial charge in [0.1, 0.15) is 23.9 Å². The molecule has 0 aromatic heterocycles. The summed E-state index contributed by atoms with van der Waals surface area (Å²) >= 11 is 4.11. The van der Waals surface area contributed by atoms with E-state index in [0.717, 1.165) is 0 Å². The Morgan fingerprint density at radius 3 is 2.03 bits per heavy atom. The van der Waals surface area contributed by atoms with Crippen molar-refractivity contribution in [2.24, 2.45) is 11.7 Å². The smallest absolute Gasteiger partial charge is 0.326 e. The number of hydrogen-bond acceptors (Lipinski definition) is 8. The molecule has 1 aromatic carbocycles. The third-order valence-electron chi connectivity index (χ3n) is 5.60. The molecule has 0 heterocycles. The first-order chi connectivity index (χ1) is 16.9. The molecule has 0 saturated carbocycles. The van der Waals surface area contributed by atoms with Gasteiger partial charge in [-0.1, -0.05) is 32.4 Å². The zero-order valence-corrected chi connectivity index (χ0v) is 21.0. The number of carboxylic acid groups (broad SMARTS) is 2. The van der Waals surface area contributed by atoms with Crippen LogP contribution in [0.15, 0.2) is 24.3 Å². The van der Waals surface area contributed by atoms with Gasteiger partial charge in [-0.25, -0.2) is 4.79 Å². The van der Waals surface area contributed by atoms with E-state index in [0.29, 0.717) is 12.0 Å². The third-order valence-corrected chi connectivity index (χ3v) is 5.96. The summed E-state index contributed by atoms with van der Waals surface area (Å²) in [4.78, 5) is 60.5. The van der Waals surface area contributed by atoms with Crippen LogP contribution in [0, 0.1) is 5.92 Å². The zero-order chi connectivity index (χ0) is 27.4. The highest BCUT2D eigenvalue weighted by Crippen LogP contribution is 2.12. The summed E-state index contributed by atoms with van der Waals surface area (Å²) in [6, 6.07) is 1.43. The largest absolute Gasteiger partial charge is 0.508 e. The first-order valence-electron chi connectivity index (χ1n) is 11.4. The molecule has 0 fully saturated rings. The lowest BCUT2D eigenvalue weighted by molar-refractivity contribution is -0.143. The molecule has 200 valence electrons. The lowest BCUT2D eigenvalue weighted by Gasteiger charge is -2.27. The van der Waals surface area contributed by atoms with E-state index in [1.165, 1.54) is 12.1 Å². The summed E-state index contributed by atoms with van der Waals surface area (Å²) in [5.74, 6) is -5.18. The SMILES string of the molecule is CCC(C)C(NC(=O)C(CS)NC(=O)C(N)Cc1ccc(O)cc1)C(=O)NC(CCC(=O)O)C(=O)O. The molecule has 36 heavy (non-hydrogen) atoms. The maximum absolute atomic E-state index is 12.9. The minimum absolute atomic E-state index is 0.0695. The molecule has 12 nitrogen and oxygen atoms in total. The number of nitrogens with two attached hydrogens (primary N) is 1. The quantitative estimate of drug-likeness (QED) is 0.140. The molecular weight excluding hydrogens is 492 g/mol. The van der Waals surface area contributed by atoms with E-state index in [4.69, 9.17) is 10.8 Å². The standard InChI is InChI=1S/C23H34N4O8S/c1-3-12(2)19(22(33)25-16(23(34)35)8-9-18(29)30)27-21(32)17(11-36)26-20(31)15(24)10-13-4-6-14(28)7-5-13/h4-7,12,15-17,19,28,36H,3,8-11,24H2,1-2H3,(H,25,33)(H,26,31)(H,27,32)(H,29,30)(H,34,35). The Balaban J connectivity index is 2.86. The lowest BCUT2D eigenvalue weighted by atomic mass is 9.97. The normalized spacial score (nSPS) is 15.0. The van der Waals surface area contributed by atoms with Gasteiger partial charge in [0.25, 0.3) is 0 Å². The van der Waals surface area contributed by atoms with Gasteiger partial charge in [-0.2, -0.15) is 12.6 Å². The summed E-state index contributed by atoms with van der Waals surface area (Å²) in [6.45, 7) is 3.45. The Hall–Kier alpha value is -3.32. The summed E-state index contributed by atoms with van der Waals surface area (Å²) in [7, 11) is 0. The highest BCUT2D eigenvalue weighted by molar-refractivity contribution is 7.80. The van der Waals surface area contributed by atoms with Gasteiger partial charge in [-0.05, 0) is 36.5 Å². The van der Waals surface area contributed by atoms with Gasteiger partial charge in [0, 0.05) is 12.2 Å². The lowest BCUT2D eigenvalue weighted by Crippen LogP contribution is -2.59. The van der Waals surface area contributed by atoms with Crippen molar-refractivity contribution in [1.29, 1.82) is 0 Å². The van der Waals surface area contributed by atoms with Crippen LogP contribution >= 0.6 is 12.6 Å².